The third kappa shape index (κ3) is 2.94. The zero-order chi connectivity index (χ0) is 15.0. The molecular weight excluding hydrogens is 287 g/mol. The van der Waals surface area contributed by atoms with Crippen molar-refractivity contribution in [3.05, 3.63) is 28.3 Å². The highest BCUT2D eigenvalue weighted by atomic mass is 31.1. The second-order valence-corrected chi connectivity index (χ2v) is 7.76. The number of nitrogens with one attached hydrogen (secondary N) is 1. The van der Waals surface area contributed by atoms with Crippen LogP contribution in [0.15, 0.2) is 16.9 Å². The molecule has 1 atom stereocenters. The molecule has 3 rings (SSSR count). The van der Waals surface area contributed by atoms with Crippen LogP contribution in [0.5, 0.6) is 5.75 Å². The van der Waals surface area contributed by atoms with Gasteiger partial charge in [-0.2, -0.15) is 0 Å². The Morgan fingerprint density at radius 3 is 2.90 bits per heavy atom. The van der Waals surface area contributed by atoms with Gasteiger partial charge in [-0.1, -0.05) is 7.92 Å². The average molecular weight is 306 g/mol. The Morgan fingerprint density at radius 1 is 1.43 bits per heavy atom. The number of fused-ring (bicyclic) bond motifs is 1. The van der Waals surface area contributed by atoms with Crippen LogP contribution in [0.2, 0.25) is 0 Å². The minimum absolute atomic E-state index is 0.0913. The molecule has 1 unspecified atom stereocenters. The second kappa shape index (κ2) is 5.74. The largest absolute Gasteiger partial charge is 0.487 e. The Labute approximate surface area is 124 Å². The van der Waals surface area contributed by atoms with Crippen molar-refractivity contribution in [2.75, 3.05) is 26.5 Å². The lowest BCUT2D eigenvalue weighted by Gasteiger charge is -2.18. The molecule has 2 aromatic rings. The van der Waals surface area contributed by atoms with Crippen LogP contribution in [-0.2, 0) is 4.74 Å². The molecule has 1 aliphatic heterocycles. The summed E-state index contributed by atoms with van der Waals surface area (Å²) in [5, 5.41) is 1.72. The third-order valence-corrected chi connectivity index (χ3v) is 4.88. The molecule has 1 aromatic heterocycles. The molecule has 6 heteroatoms. The molecule has 0 saturated carbocycles. The standard InChI is InChI=1S/C15H19N2O3P/c1-9-16-12-7-13(20-10-4-5-19-8-10)14(21(2)3)6-11(12)15(18)17-9/h6-7,10H,4-5,8H2,1-3H3,(H,16,17,18). The fourth-order valence-corrected chi connectivity index (χ4v) is 3.45. The van der Waals surface area contributed by atoms with Gasteiger partial charge in [-0.15, -0.1) is 0 Å². The van der Waals surface area contributed by atoms with Gasteiger partial charge in [0, 0.05) is 17.8 Å². The summed E-state index contributed by atoms with van der Waals surface area (Å²) in [6.07, 6.45) is 1.00. The molecule has 112 valence electrons. The normalized spacial score (nSPS) is 18.6. The maximum Gasteiger partial charge on any atom is 0.258 e. The Kier molecular flexibility index (Phi) is 3.96. The predicted molar refractivity (Wildman–Crippen MR) is 85.4 cm³/mol. The lowest BCUT2D eigenvalue weighted by atomic mass is 10.2. The molecule has 0 aliphatic carbocycles. The van der Waals surface area contributed by atoms with Crippen LogP contribution in [-0.4, -0.2) is 42.6 Å². The van der Waals surface area contributed by atoms with Gasteiger partial charge in [0.15, 0.2) is 0 Å². The van der Waals surface area contributed by atoms with Crippen LogP contribution >= 0.6 is 7.92 Å². The number of ether oxygens (including phenoxy) is 2. The van der Waals surface area contributed by atoms with Crippen molar-refractivity contribution in [3.8, 4) is 5.75 Å². The molecule has 0 spiro atoms. The highest BCUT2D eigenvalue weighted by molar-refractivity contribution is 7.64. The molecule has 1 fully saturated rings. The number of aryl methyl sites for hydroxylation is 1. The van der Waals surface area contributed by atoms with Crippen molar-refractivity contribution in [2.24, 2.45) is 0 Å². The summed E-state index contributed by atoms with van der Waals surface area (Å²) in [5.41, 5.74) is 0.595. The zero-order valence-corrected chi connectivity index (χ0v) is 13.4. The monoisotopic (exact) mass is 306 g/mol. The van der Waals surface area contributed by atoms with Gasteiger partial charge in [0.05, 0.1) is 24.1 Å². The maximum absolute atomic E-state index is 12.1. The first kappa shape index (κ1) is 14.5. The summed E-state index contributed by atoms with van der Waals surface area (Å²) in [6.45, 7) is 7.48. The average Bonchev–Trinajstić information content (AvgIpc) is 2.90. The van der Waals surface area contributed by atoms with Crippen molar-refractivity contribution in [3.63, 3.8) is 0 Å². The lowest BCUT2D eigenvalue weighted by molar-refractivity contribution is 0.142. The third-order valence-electron chi connectivity index (χ3n) is 3.57. The SMILES string of the molecule is Cc1nc2cc(OC3CCOC3)c(P(C)C)cc2c(=O)[nH]1. The molecule has 1 N–H and O–H groups in total. The molecule has 1 saturated heterocycles. The van der Waals surface area contributed by atoms with Crippen molar-refractivity contribution >= 4 is 24.1 Å². The minimum Gasteiger partial charge on any atom is -0.487 e. The minimum atomic E-state index is -0.376. The lowest BCUT2D eigenvalue weighted by Crippen LogP contribution is -2.21. The summed E-state index contributed by atoms with van der Waals surface area (Å²) >= 11 is 0. The van der Waals surface area contributed by atoms with E-state index < -0.39 is 0 Å². The number of rotatable bonds is 3. The Morgan fingerprint density at radius 2 is 2.24 bits per heavy atom. The Hall–Kier alpha value is -1.45. The smallest absolute Gasteiger partial charge is 0.258 e. The van der Waals surface area contributed by atoms with Gasteiger partial charge >= 0.3 is 0 Å². The Bertz CT molecular complexity index is 721. The van der Waals surface area contributed by atoms with E-state index in [1.165, 1.54) is 0 Å². The van der Waals surface area contributed by atoms with Gasteiger partial charge in [0.1, 0.15) is 17.7 Å². The zero-order valence-electron chi connectivity index (χ0n) is 12.5. The summed E-state index contributed by atoms with van der Waals surface area (Å²) < 4.78 is 11.5. The number of benzene rings is 1. The number of aromatic nitrogens is 2. The molecule has 5 nitrogen and oxygen atoms in total. The predicted octanol–water partition coefficient (Wildman–Crippen LogP) is 1.77. The van der Waals surface area contributed by atoms with Crippen LogP contribution in [0.3, 0.4) is 0 Å². The number of hydrogen-bond acceptors (Lipinski definition) is 4. The molecular formula is C15H19N2O3P. The van der Waals surface area contributed by atoms with Crippen LogP contribution in [0, 0.1) is 6.92 Å². The van der Waals surface area contributed by atoms with E-state index in [1.54, 1.807) is 6.92 Å². The van der Waals surface area contributed by atoms with Crippen molar-refractivity contribution in [1.29, 1.82) is 0 Å². The van der Waals surface area contributed by atoms with Crippen LogP contribution in [0.25, 0.3) is 10.9 Å². The fourth-order valence-electron chi connectivity index (χ4n) is 2.50. The summed E-state index contributed by atoms with van der Waals surface area (Å²) in [5.74, 6) is 1.46. The van der Waals surface area contributed by atoms with E-state index >= 15 is 0 Å². The van der Waals surface area contributed by atoms with Gasteiger partial charge in [-0.3, -0.25) is 4.79 Å². The second-order valence-electron chi connectivity index (χ2n) is 5.49. The van der Waals surface area contributed by atoms with E-state index in [9.17, 15) is 4.79 Å². The fraction of sp³-hybridized carbons (Fsp3) is 0.467. The first-order valence-corrected chi connectivity index (χ1v) is 9.24. The summed E-state index contributed by atoms with van der Waals surface area (Å²) in [6, 6.07) is 3.82. The van der Waals surface area contributed by atoms with Crippen LogP contribution in [0.4, 0.5) is 0 Å². The summed E-state index contributed by atoms with van der Waals surface area (Å²) in [7, 11) is -0.376. The highest BCUT2D eigenvalue weighted by Gasteiger charge is 2.20. The van der Waals surface area contributed by atoms with Gasteiger partial charge < -0.3 is 14.5 Å². The molecule has 0 radical (unpaired) electrons. The molecule has 2 heterocycles. The molecule has 21 heavy (non-hydrogen) atoms. The van der Waals surface area contributed by atoms with E-state index in [1.807, 2.05) is 12.1 Å². The first-order chi connectivity index (χ1) is 10.0. The van der Waals surface area contributed by atoms with E-state index in [-0.39, 0.29) is 19.6 Å². The molecule has 1 aromatic carbocycles. The number of H-pyrrole nitrogens is 1. The Balaban J connectivity index is 2.11. The quantitative estimate of drug-likeness (QED) is 0.878. The number of hydrogen-bond donors (Lipinski definition) is 1. The van der Waals surface area contributed by atoms with Crippen molar-refractivity contribution in [2.45, 2.75) is 19.4 Å². The van der Waals surface area contributed by atoms with Crippen LogP contribution < -0.4 is 15.6 Å². The van der Waals surface area contributed by atoms with Crippen LogP contribution in [0.1, 0.15) is 12.2 Å². The van der Waals surface area contributed by atoms with Gasteiger partial charge in [-0.25, -0.2) is 4.98 Å². The van der Waals surface area contributed by atoms with E-state index in [0.29, 0.717) is 23.3 Å². The van der Waals surface area contributed by atoms with Gasteiger partial charge in [0.25, 0.3) is 5.56 Å². The molecule has 0 amide bonds. The van der Waals surface area contributed by atoms with E-state index in [0.717, 1.165) is 24.1 Å². The van der Waals surface area contributed by atoms with E-state index in [4.69, 9.17) is 9.47 Å². The van der Waals surface area contributed by atoms with Crippen molar-refractivity contribution in [1.82, 2.24) is 9.97 Å². The number of aromatic amines is 1. The topological polar surface area (TPSA) is 64.2 Å². The maximum atomic E-state index is 12.1. The highest BCUT2D eigenvalue weighted by Crippen LogP contribution is 2.32. The molecule has 1 aliphatic rings. The summed E-state index contributed by atoms with van der Waals surface area (Å²) in [4.78, 5) is 19.2. The van der Waals surface area contributed by atoms with Gasteiger partial charge in [-0.05, 0) is 26.3 Å². The molecule has 0 bridgehead atoms. The number of nitrogens with zero attached hydrogens (tertiary/aromatic N) is 1. The van der Waals surface area contributed by atoms with Gasteiger partial charge in [0.2, 0.25) is 0 Å². The first-order valence-electron chi connectivity index (χ1n) is 7.01. The van der Waals surface area contributed by atoms with E-state index in [2.05, 4.69) is 23.3 Å². The van der Waals surface area contributed by atoms with Crippen molar-refractivity contribution < 1.29 is 9.47 Å².